The average molecular weight is 449 g/mol. The molecule has 3 heterocycles. The van der Waals surface area contributed by atoms with E-state index >= 15 is 0 Å². The Bertz CT molecular complexity index is 884. The van der Waals surface area contributed by atoms with E-state index in [-0.39, 0.29) is 24.2 Å². The number of amides is 2. The molecule has 2 aliphatic rings. The summed E-state index contributed by atoms with van der Waals surface area (Å²) in [5.74, 6) is -0.505. The molecule has 1 atom stereocenters. The Morgan fingerprint density at radius 2 is 2.30 bits per heavy atom. The van der Waals surface area contributed by atoms with E-state index in [1.165, 1.54) is 4.88 Å². The summed E-state index contributed by atoms with van der Waals surface area (Å²) in [6.07, 6.45) is 1.15. The smallest absolute Gasteiger partial charge is 0.231 e. The Kier molecular flexibility index (Phi) is 5.29. The molecule has 0 unspecified atom stereocenters. The van der Waals surface area contributed by atoms with Crippen molar-refractivity contribution in [3.8, 4) is 0 Å². The molecule has 1 aromatic carbocycles. The number of hydrogen-bond acceptors (Lipinski definition) is 5. The highest BCUT2D eigenvalue weighted by Gasteiger charge is 2.35. The number of anilines is 2. The Morgan fingerprint density at radius 1 is 1.44 bits per heavy atom. The number of carbonyl (C=O) groups is 2. The second-order valence-electron chi connectivity index (χ2n) is 6.88. The van der Waals surface area contributed by atoms with Crippen molar-refractivity contribution in [1.82, 2.24) is 9.88 Å². The van der Waals surface area contributed by atoms with Crippen molar-refractivity contribution in [2.75, 3.05) is 29.9 Å². The first-order valence-corrected chi connectivity index (χ1v) is 10.7. The fourth-order valence-electron chi connectivity index (χ4n) is 3.56. The van der Waals surface area contributed by atoms with Gasteiger partial charge in [0.25, 0.3) is 0 Å². The number of thiazole rings is 1. The van der Waals surface area contributed by atoms with Gasteiger partial charge in [0, 0.05) is 47.5 Å². The molecule has 0 radical (unpaired) electrons. The van der Waals surface area contributed by atoms with Crippen molar-refractivity contribution in [2.45, 2.75) is 26.3 Å². The maximum Gasteiger partial charge on any atom is 0.231 e. The van der Waals surface area contributed by atoms with Gasteiger partial charge < -0.3 is 10.2 Å². The highest BCUT2D eigenvalue weighted by molar-refractivity contribution is 9.10. The molecule has 6 nitrogen and oxygen atoms in total. The highest BCUT2D eigenvalue weighted by Crippen LogP contribution is 2.31. The van der Waals surface area contributed by atoms with E-state index < -0.39 is 0 Å². The predicted octanol–water partition coefficient (Wildman–Crippen LogP) is 3.28. The summed E-state index contributed by atoms with van der Waals surface area (Å²) >= 11 is 4.98. The molecule has 27 heavy (non-hydrogen) atoms. The van der Waals surface area contributed by atoms with Gasteiger partial charge in [0.1, 0.15) is 0 Å². The van der Waals surface area contributed by atoms with Crippen LogP contribution in [0.25, 0.3) is 0 Å². The SMILES string of the molecule is CCN1CCc2nc(NC(=O)[C@@H]3CC(=O)N(c4cccc(Br)c4)C3)sc2C1. The summed E-state index contributed by atoms with van der Waals surface area (Å²) in [6, 6.07) is 7.59. The van der Waals surface area contributed by atoms with Crippen molar-refractivity contribution < 1.29 is 9.59 Å². The van der Waals surface area contributed by atoms with Gasteiger partial charge in [0.15, 0.2) is 5.13 Å². The number of nitrogens with zero attached hydrogens (tertiary/aromatic N) is 3. The van der Waals surface area contributed by atoms with E-state index in [0.717, 1.165) is 41.9 Å². The first kappa shape index (κ1) is 18.6. The third kappa shape index (κ3) is 3.93. The van der Waals surface area contributed by atoms with Gasteiger partial charge in [0.2, 0.25) is 11.8 Å². The van der Waals surface area contributed by atoms with Crippen LogP contribution in [0, 0.1) is 5.92 Å². The molecule has 1 N–H and O–H groups in total. The summed E-state index contributed by atoms with van der Waals surface area (Å²) in [6.45, 7) is 5.49. The van der Waals surface area contributed by atoms with E-state index in [2.05, 4.69) is 38.1 Å². The maximum absolute atomic E-state index is 12.7. The minimum absolute atomic E-state index is 0.0229. The Hall–Kier alpha value is -1.77. The molecule has 0 spiro atoms. The maximum atomic E-state index is 12.7. The van der Waals surface area contributed by atoms with Gasteiger partial charge in [-0.3, -0.25) is 14.5 Å². The van der Waals surface area contributed by atoms with Gasteiger partial charge in [-0.25, -0.2) is 4.98 Å². The zero-order valence-electron chi connectivity index (χ0n) is 15.1. The fourth-order valence-corrected chi connectivity index (χ4v) is 5.00. The van der Waals surface area contributed by atoms with Crippen LogP contribution in [-0.4, -0.2) is 41.3 Å². The van der Waals surface area contributed by atoms with Crippen LogP contribution in [0.15, 0.2) is 28.7 Å². The minimum Gasteiger partial charge on any atom is -0.312 e. The zero-order valence-corrected chi connectivity index (χ0v) is 17.5. The fraction of sp³-hybridized carbons (Fsp3) is 0.421. The number of fused-ring (bicyclic) bond motifs is 1. The lowest BCUT2D eigenvalue weighted by atomic mass is 10.1. The molecular weight excluding hydrogens is 428 g/mol. The minimum atomic E-state index is -0.357. The van der Waals surface area contributed by atoms with Gasteiger partial charge in [-0.05, 0) is 24.7 Å². The van der Waals surface area contributed by atoms with Crippen molar-refractivity contribution in [3.05, 3.63) is 39.3 Å². The van der Waals surface area contributed by atoms with Crippen LogP contribution in [0.1, 0.15) is 23.9 Å². The molecule has 8 heteroatoms. The largest absolute Gasteiger partial charge is 0.312 e. The number of benzene rings is 1. The topological polar surface area (TPSA) is 65.5 Å². The first-order chi connectivity index (χ1) is 13.0. The molecule has 1 fully saturated rings. The summed E-state index contributed by atoms with van der Waals surface area (Å²) < 4.78 is 0.912. The van der Waals surface area contributed by atoms with Crippen molar-refractivity contribution in [3.63, 3.8) is 0 Å². The molecule has 0 saturated carbocycles. The molecule has 1 saturated heterocycles. The van der Waals surface area contributed by atoms with Crippen LogP contribution < -0.4 is 10.2 Å². The lowest BCUT2D eigenvalue weighted by Crippen LogP contribution is -2.29. The average Bonchev–Trinajstić information content (AvgIpc) is 3.23. The summed E-state index contributed by atoms with van der Waals surface area (Å²) in [5.41, 5.74) is 1.91. The number of hydrogen-bond donors (Lipinski definition) is 1. The predicted molar refractivity (Wildman–Crippen MR) is 110 cm³/mol. The van der Waals surface area contributed by atoms with Crippen LogP contribution in [0.4, 0.5) is 10.8 Å². The van der Waals surface area contributed by atoms with Crippen molar-refractivity contribution in [1.29, 1.82) is 0 Å². The normalized spacial score (nSPS) is 20.0. The molecule has 1 aromatic heterocycles. The molecule has 0 bridgehead atoms. The number of rotatable bonds is 4. The van der Waals surface area contributed by atoms with Crippen molar-refractivity contribution >= 4 is 49.9 Å². The summed E-state index contributed by atoms with van der Waals surface area (Å²) in [7, 11) is 0. The number of aromatic nitrogens is 1. The number of nitrogens with one attached hydrogen (secondary N) is 1. The molecule has 2 aromatic rings. The Labute approximate surface area is 170 Å². The molecule has 4 rings (SSSR count). The Balaban J connectivity index is 1.42. The quantitative estimate of drug-likeness (QED) is 0.778. The van der Waals surface area contributed by atoms with E-state index in [4.69, 9.17) is 0 Å². The number of carbonyl (C=O) groups excluding carboxylic acids is 2. The molecule has 142 valence electrons. The van der Waals surface area contributed by atoms with Crippen LogP contribution >= 0.6 is 27.3 Å². The molecular formula is C19H21BrN4O2S. The standard InChI is InChI=1S/C19H21BrN4O2S/c1-2-23-7-6-15-16(11-23)27-19(21-15)22-18(26)12-8-17(25)24(10-12)14-5-3-4-13(20)9-14/h3-5,9,12H,2,6-8,10-11H2,1H3,(H,21,22,26)/t12-/m1/s1. The monoisotopic (exact) mass is 448 g/mol. The third-order valence-electron chi connectivity index (χ3n) is 5.10. The van der Waals surface area contributed by atoms with Crippen molar-refractivity contribution in [2.24, 2.45) is 5.92 Å². The lowest BCUT2D eigenvalue weighted by molar-refractivity contribution is -0.122. The number of halogens is 1. The molecule has 2 amide bonds. The van der Waals surface area contributed by atoms with Crippen LogP contribution in [-0.2, 0) is 22.6 Å². The van der Waals surface area contributed by atoms with Crippen LogP contribution in [0.5, 0.6) is 0 Å². The zero-order chi connectivity index (χ0) is 19.0. The summed E-state index contributed by atoms with van der Waals surface area (Å²) in [4.78, 5) is 35.0. The van der Waals surface area contributed by atoms with Crippen LogP contribution in [0.2, 0.25) is 0 Å². The first-order valence-electron chi connectivity index (χ1n) is 9.11. The molecule has 2 aliphatic heterocycles. The highest BCUT2D eigenvalue weighted by atomic mass is 79.9. The van der Waals surface area contributed by atoms with Crippen LogP contribution in [0.3, 0.4) is 0 Å². The van der Waals surface area contributed by atoms with E-state index in [1.807, 2.05) is 24.3 Å². The molecule has 0 aliphatic carbocycles. The lowest BCUT2D eigenvalue weighted by Gasteiger charge is -2.23. The van der Waals surface area contributed by atoms with E-state index in [9.17, 15) is 9.59 Å². The van der Waals surface area contributed by atoms with Gasteiger partial charge in [0.05, 0.1) is 11.6 Å². The van der Waals surface area contributed by atoms with Gasteiger partial charge in [-0.15, -0.1) is 11.3 Å². The van der Waals surface area contributed by atoms with E-state index in [1.54, 1.807) is 16.2 Å². The van der Waals surface area contributed by atoms with Gasteiger partial charge >= 0.3 is 0 Å². The van der Waals surface area contributed by atoms with E-state index in [0.29, 0.717) is 11.7 Å². The summed E-state index contributed by atoms with van der Waals surface area (Å²) in [5, 5.41) is 3.59. The second kappa shape index (κ2) is 7.69. The Morgan fingerprint density at radius 3 is 3.07 bits per heavy atom. The van der Waals surface area contributed by atoms with Gasteiger partial charge in [-0.2, -0.15) is 0 Å². The second-order valence-corrected chi connectivity index (χ2v) is 8.88. The van der Waals surface area contributed by atoms with Gasteiger partial charge in [-0.1, -0.05) is 28.9 Å². The number of likely N-dealkylation sites (N-methyl/N-ethyl adjacent to an activating group) is 1. The third-order valence-corrected chi connectivity index (χ3v) is 6.59.